The van der Waals surface area contributed by atoms with Gasteiger partial charge in [0, 0.05) is 13.2 Å². The van der Waals surface area contributed by atoms with Crippen molar-refractivity contribution in [3.8, 4) is 0 Å². The molecular weight excluding hydrogens is 102 g/mol. The minimum atomic E-state index is 0.426. The fraction of sp³-hybridized carbons (Fsp3) is 1.00. The first kappa shape index (κ1) is 6.05. The molecule has 1 saturated carbocycles. The molecule has 1 rings (SSSR count). The van der Waals surface area contributed by atoms with Gasteiger partial charge in [0.15, 0.2) is 0 Å². The van der Waals surface area contributed by atoms with Gasteiger partial charge in [-0.25, -0.2) is 0 Å². The number of nitrogens with two attached hydrogens (primary N) is 1. The molecule has 0 saturated heterocycles. The molecule has 0 aliphatic heterocycles. The summed E-state index contributed by atoms with van der Waals surface area (Å²) in [5.74, 6) is 0.653. The first-order chi connectivity index (χ1) is 3.84. The van der Waals surface area contributed by atoms with Gasteiger partial charge in [-0.1, -0.05) is 0 Å². The second kappa shape index (κ2) is 2.46. The predicted molar refractivity (Wildman–Crippen MR) is 32.6 cm³/mol. The van der Waals surface area contributed by atoms with Crippen molar-refractivity contribution in [2.75, 3.05) is 13.7 Å². The second-order valence-electron chi connectivity index (χ2n) is 2.46. The normalized spacial score (nSPS) is 36.8. The first-order valence-corrected chi connectivity index (χ1v) is 3.09. The minimum Gasteiger partial charge on any atom is -0.384 e. The monoisotopic (exact) mass is 115 g/mol. The molecule has 8 heavy (non-hydrogen) atoms. The van der Waals surface area contributed by atoms with Crippen LogP contribution in [0.2, 0.25) is 0 Å². The molecule has 1 aliphatic carbocycles. The molecule has 0 amide bonds. The Morgan fingerprint density at radius 1 is 1.62 bits per heavy atom. The lowest BCUT2D eigenvalue weighted by molar-refractivity contribution is 0.0945. The van der Waals surface area contributed by atoms with E-state index in [4.69, 9.17) is 10.5 Å². The highest BCUT2D eigenvalue weighted by Crippen LogP contribution is 2.24. The van der Waals surface area contributed by atoms with Gasteiger partial charge in [0.2, 0.25) is 0 Å². The highest BCUT2D eigenvalue weighted by atomic mass is 16.5. The molecule has 1 aliphatic rings. The van der Waals surface area contributed by atoms with Gasteiger partial charge < -0.3 is 10.5 Å². The van der Waals surface area contributed by atoms with E-state index in [2.05, 4.69) is 0 Å². The van der Waals surface area contributed by atoms with Crippen molar-refractivity contribution < 1.29 is 4.74 Å². The summed E-state index contributed by atoms with van der Waals surface area (Å²) in [4.78, 5) is 0. The molecule has 0 unspecified atom stereocenters. The van der Waals surface area contributed by atoms with Crippen molar-refractivity contribution in [2.45, 2.75) is 18.9 Å². The molecule has 2 N–H and O–H groups in total. The standard InChI is InChI=1S/C6H13NO/c1-8-4-5-2-3-6(5)7/h5-6H,2-4,7H2,1H3/t5-,6-/m0/s1. The maximum Gasteiger partial charge on any atom is 0.0505 e. The Bertz CT molecular complexity index is 74.9. The number of hydrogen-bond acceptors (Lipinski definition) is 2. The van der Waals surface area contributed by atoms with Crippen LogP contribution in [0.25, 0.3) is 0 Å². The highest BCUT2D eigenvalue weighted by Gasteiger charge is 2.26. The van der Waals surface area contributed by atoms with E-state index in [9.17, 15) is 0 Å². The van der Waals surface area contributed by atoms with Gasteiger partial charge >= 0.3 is 0 Å². The Balaban J connectivity index is 2.08. The lowest BCUT2D eigenvalue weighted by Crippen LogP contribution is -2.41. The van der Waals surface area contributed by atoms with Gasteiger partial charge in [-0.3, -0.25) is 0 Å². The van der Waals surface area contributed by atoms with Gasteiger partial charge in [0.05, 0.1) is 6.61 Å². The summed E-state index contributed by atoms with van der Waals surface area (Å²) in [7, 11) is 1.73. The van der Waals surface area contributed by atoms with Gasteiger partial charge in [0.1, 0.15) is 0 Å². The Kier molecular flexibility index (Phi) is 1.86. The third-order valence-electron chi connectivity index (χ3n) is 1.86. The zero-order chi connectivity index (χ0) is 5.98. The van der Waals surface area contributed by atoms with Gasteiger partial charge in [-0.05, 0) is 18.8 Å². The smallest absolute Gasteiger partial charge is 0.0505 e. The Labute approximate surface area is 50.0 Å². The van der Waals surface area contributed by atoms with Gasteiger partial charge in [-0.2, -0.15) is 0 Å². The predicted octanol–water partition coefficient (Wildman–Crippen LogP) is 0.370. The van der Waals surface area contributed by atoms with Gasteiger partial charge in [0.25, 0.3) is 0 Å². The third-order valence-corrected chi connectivity index (χ3v) is 1.86. The van der Waals surface area contributed by atoms with Crippen LogP contribution in [0.5, 0.6) is 0 Å². The molecule has 2 nitrogen and oxygen atoms in total. The van der Waals surface area contributed by atoms with Crippen molar-refractivity contribution in [1.29, 1.82) is 0 Å². The van der Waals surface area contributed by atoms with Crippen molar-refractivity contribution in [3.05, 3.63) is 0 Å². The maximum atomic E-state index is 5.63. The summed E-state index contributed by atoms with van der Waals surface area (Å²) < 4.78 is 4.94. The lowest BCUT2D eigenvalue weighted by atomic mass is 9.81. The fourth-order valence-electron chi connectivity index (χ4n) is 1.02. The summed E-state index contributed by atoms with van der Waals surface area (Å²) in [6.45, 7) is 0.848. The Hall–Kier alpha value is -0.0800. The average molecular weight is 115 g/mol. The van der Waals surface area contributed by atoms with Crippen molar-refractivity contribution in [1.82, 2.24) is 0 Å². The van der Waals surface area contributed by atoms with E-state index < -0.39 is 0 Å². The summed E-state index contributed by atoms with van der Waals surface area (Å²) >= 11 is 0. The fourth-order valence-corrected chi connectivity index (χ4v) is 1.02. The van der Waals surface area contributed by atoms with Crippen LogP contribution in [0.3, 0.4) is 0 Å². The Morgan fingerprint density at radius 3 is 2.50 bits per heavy atom. The largest absolute Gasteiger partial charge is 0.384 e. The van der Waals surface area contributed by atoms with Crippen LogP contribution in [-0.2, 0) is 4.74 Å². The topological polar surface area (TPSA) is 35.2 Å². The summed E-state index contributed by atoms with van der Waals surface area (Å²) in [5.41, 5.74) is 5.63. The van der Waals surface area contributed by atoms with Crippen LogP contribution in [0.1, 0.15) is 12.8 Å². The molecule has 0 aromatic rings. The molecule has 1 fully saturated rings. The van der Waals surface area contributed by atoms with E-state index >= 15 is 0 Å². The van der Waals surface area contributed by atoms with Crippen molar-refractivity contribution in [3.63, 3.8) is 0 Å². The van der Waals surface area contributed by atoms with E-state index in [1.165, 1.54) is 12.8 Å². The van der Waals surface area contributed by atoms with Crippen LogP contribution in [0.15, 0.2) is 0 Å². The molecular formula is C6H13NO. The van der Waals surface area contributed by atoms with E-state index in [0.717, 1.165) is 6.61 Å². The number of rotatable bonds is 2. The number of hydrogen-bond donors (Lipinski definition) is 1. The molecule has 2 atom stereocenters. The Morgan fingerprint density at radius 2 is 2.38 bits per heavy atom. The van der Waals surface area contributed by atoms with Crippen LogP contribution in [-0.4, -0.2) is 19.8 Å². The SMILES string of the molecule is COC[C@@H]1CC[C@@H]1N. The lowest BCUT2D eigenvalue weighted by Gasteiger charge is -2.32. The molecule has 48 valence electrons. The quantitative estimate of drug-likeness (QED) is 0.564. The van der Waals surface area contributed by atoms with E-state index in [-0.39, 0.29) is 0 Å². The highest BCUT2D eigenvalue weighted by molar-refractivity contribution is 4.82. The number of ether oxygens (including phenoxy) is 1. The molecule has 0 bridgehead atoms. The number of methoxy groups -OCH3 is 1. The first-order valence-electron chi connectivity index (χ1n) is 3.09. The third kappa shape index (κ3) is 1.01. The van der Waals surface area contributed by atoms with Crippen LogP contribution >= 0.6 is 0 Å². The zero-order valence-corrected chi connectivity index (χ0v) is 5.26. The van der Waals surface area contributed by atoms with E-state index in [1.54, 1.807) is 7.11 Å². The minimum absolute atomic E-state index is 0.426. The van der Waals surface area contributed by atoms with Gasteiger partial charge in [-0.15, -0.1) is 0 Å². The molecule has 0 spiro atoms. The zero-order valence-electron chi connectivity index (χ0n) is 5.26. The molecule has 0 radical (unpaired) electrons. The van der Waals surface area contributed by atoms with Crippen LogP contribution in [0.4, 0.5) is 0 Å². The maximum absolute atomic E-state index is 5.63. The summed E-state index contributed by atoms with van der Waals surface area (Å²) in [5, 5.41) is 0. The molecule has 2 heteroatoms. The average Bonchev–Trinajstić information content (AvgIpc) is 1.79. The molecule has 0 heterocycles. The summed E-state index contributed by atoms with van der Waals surface area (Å²) in [6.07, 6.45) is 2.45. The van der Waals surface area contributed by atoms with Crippen LogP contribution in [0, 0.1) is 5.92 Å². The molecule has 0 aromatic carbocycles. The van der Waals surface area contributed by atoms with E-state index in [0.29, 0.717) is 12.0 Å². The molecule has 0 aromatic heterocycles. The summed E-state index contributed by atoms with van der Waals surface area (Å²) in [6, 6.07) is 0.426. The second-order valence-corrected chi connectivity index (χ2v) is 2.46. The van der Waals surface area contributed by atoms with Crippen molar-refractivity contribution >= 4 is 0 Å². The van der Waals surface area contributed by atoms with Crippen molar-refractivity contribution in [2.24, 2.45) is 11.7 Å². The van der Waals surface area contributed by atoms with Crippen LogP contribution < -0.4 is 5.73 Å². The van der Waals surface area contributed by atoms with E-state index in [1.807, 2.05) is 0 Å².